The number of alkyl halides is 6. The van der Waals surface area contributed by atoms with E-state index in [-0.39, 0.29) is 43.2 Å². The number of aliphatic hydroxyl groups is 3. The Labute approximate surface area is 315 Å². The molecule has 56 heavy (non-hydrogen) atoms. The van der Waals surface area contributed by atoms with Gasteiger partial charge in [-0.3, -0.25) is 19.6 Å². The number of hydrogen-bond donors (Lipinski definition) is 4. The van der Waals surface area contributed by atoms with E-state index in [2.05, 4.69) is 10.3 Å². The Hall–Kier alpha value is -4.85. The molecule has 2 aliphatic heterocycles. The minimum absolute atomic E-state index is 0.0137. The van der Waals surface area contributed by atoms with E-state index in [0.717, 1.165) is 29.3 Å². The lowest BCUT2D eigenvalue weighted by molar-refractivity contribution is -0.160. The van der Waals surface area contributed by atoms with E-state index >= 15 is 8.78 Å². The molecule has 19 heteroatoms. The van der Waals surface area contributed by atoms with Crippen LogP contribution in [0.25, 0.3) is 11.1 Å². The van der Waals surface area contributed by atoms with Crippen LogP contribution in [0.2, 0.25) is 0 Å². The Bertz CT molecular complexity index is 1920. The third-order valence-corrected chi connectivity index (χ3v) is 9.42. The highest BCUT2D eigenvalue weighted by Gasteiger charge is 2.53. The van der Waals surface area contributed by atoms with Crippen LogP contribution >= 0.6 is 0 Å². The number of anilines is 1. The smallest absolute Gasteiger partial charge is 0.433 e. The molecular formula is C37H38F8N4O7. The van der Waals surface area contributed by atoms with Gasteiger partial charge in [0.25, 0.3) is 11.8 Å². The molecule has 11 nitrogen and oxygen atoms in total. The molecular weight excluding hydrogens is 764 g/mol. The normalized spacial score (nSPS) is 18.3. The Morgan fingerprint density at radius 3 is 2.32 bits per heavy atom. The summed E-state index contributed by atoms with van der Waals surface area (Å²) in [5.74, 6) is -5.46. The first-order valence-corrected chi connectivity index (χ1v) is 17.4. The van der Waals surface area contributed by atoms with Crippen molar-refractivity contribution in [2.45, 2.75) is 69.6 Å². The fourth-order valence-electron chi connectivity index (χ4n) is 6.43. The van der Waals surface area contributed by atoms with Crippen LogP contribution in [0.5, 0.6) is 5.75 Å². The van der Waals surface area contributed by atoms with Gasteiger partial charge in [-0.25, -0.2) is 13.8 Å². The third-order valence-electron chi connectivity index (χ3n) is 9.42. The van der Waals surface area contributed by atoms with Crippen LogP contribution in [0.1, 0.15) is 55.8 Å². The number of unbranched alkanes of at least 4 members (excludes halogenated alkanes) is 2. The number of carbonyl (C=O) groups is 2. The van der Waals surface area contributed by atoms with Crippen molar-refractivity contribution in [3.05, 3.63) is 88.4 Å². The van der Waals surface area contributed by atoms with E-state index in [1.165, 1.54) is 11.9 Å². The first kappa shape index (κ1) is 42.3. The second-order valence-electron chi connectivity index (χ2n) is 13.4. The average molecular weight is 803 g/mol. The molecule has 0 radical (unpaired) electrons. The van der Waals surface area contributed by atoms with Gasteiger partial charge in [0.1, 0.15) is 40.5 Å². The molecule has 2 amide bonds. The van der Waals surface area contributed by atoms with Crippen molar-refractivity contribution in [1.29, 1.82) is 0 Å². The highest BCUT2D eigenvalue weighted by atomic mass is 19.4. The van der Waals surface area contributed by atoms with Gasteiger partial charge in [0.05, 0.1) is 37.5 Å². The second-order valence-corrected chi connectivity index (χ2v) is 13.4. The molecule has 0 spiro atoms. The Kier molecular flexibility index (Phi) is 12.9. The number of nitrogens with zero attached hydrogens (tertiary/aromatic N) is 3. The van der Waals surface area contributed by atoms with E-state index in [0.29, 0.717) is 56.7 Å². The fourth-order valence-corrected chi connectivity index (χ4v) is 6.43. The first-order chi connectivity index (χ1) is 26.3. The molecule has 2 atom stereocenters. The third kappa shape index (κ3) is 9.39. The van der Waals surface area contributed by atoms with Crippen molar-refractivity contribution in [1.82, 2.24) is 15.0 Å². The topological polar surface area (TPSA) is 145 Å². The molecule has 4 N–H and O–H groups in total. The zero-order valence-electron chi connectivity index (χ0n) is 29.8. The standard InChI is InChI=1S/C37H38F8N4O7/c1-35-10-5-11-49(35)48(18-26-27(38)15-24(16-28(26)39)56-13-4-2-3-12-55-20-23(51)19-50)34(54)31(32(35)52)33(53)47-29-8-7-22(36(40,41)42)14-25(29)21-6-9-30(46-17-21)37(43,44)45/h6-9,14-17,23,50-52H,2-5,10-13,18-20H2,1H3,(H,47,53)/t23-,35+/m0/s1. The maximum Gasteiger partial charge on any atom is 0.433 e. The number of pyridine rings is 1. The molecule has 0 unspecified atom stereocenters. The molecule has 304 valence electrons. The summed E-state index contributed by atoms with van der Waals surface area (Å²) in [5.41, 5.74) is -6.40. The SMILES string of the molecule is C[C@]12CCCN1N(Cc1c(F)cc(OCCCCCOC[C@@H](O)CO)cc1F)C(=O)C(C(=O)Nc1ccc(C(F)(F)F)cc1-c1ccc(C(F)(F)F)nc1)=C2O. The highest BCUT2D eigenvalue weighted by Crippen LogP contribution is 2.43. The van der Waals surface area contributed by atoms with Gasteiger partial charge in [0.2, 0.25) is 0 Å². The predicted octanol–water partition coefficient (Wildman–Crippen LogP) is 6.55. The number of aliphatic hydroxyl groups excluding tert-OH is 3. The molecule has 0 saturated carbocycles. The number of benzene rings is 2. The van der Waals surface area contributed by atoms with Crippen molar-refractivity contribution in [3.63, 3.8) is 0 Å². The summed E-state index contributed by atoms with van der Waals surface area (Å²) in [4.78, 5) is 31.1. The van der Waals surface area contributed by atoms with E-state index in [4.69, 9.17) is 14.6 Å². The monoisotopic (exact) mass is 802 g/mol. The van der Waals surface area contributed by atoms with Gasteiger partial charge in [-0.15, -0.1) is 0 Å². The summed E-state index contributed by atoms with van der Waals surface area (Å²) in [6.07, 6.45) is -7.72. The maximum absolute atomic E-state index is 15.5. The van der Waals surface area contributed by atoms with Crippen molar-refractivity contribution < 1.29 is 69.5 Å². The molecule has 5 rings (SSSR count). The number of carbonyl (C=O) groups excluding carboxylic acids is 2. The fraction of sp³-hybridized carbons (Fsp3) is 0.432. The van der Waals surface area contributed by atoms with Crippen molar-refractivity contribution in [3.8, 4) is 16.9 Å². The van der Waals surface area contributed by atoms with Crippen LogP contribution < -0.4 is 10.1 Å². The summed E-state index contributed by atoms with van der Waals surface area (Å²) in [5, 5.41) is 34.0. The van der Waals surface area contributed by atoms with Gasteiger partial charge < -0.3 is 30.1 Å². The van der Waals surface area contributed by atoms with Gasteiger partial charge in [-0.1, -0.05) is 6.07 Å². The number of hydrogen-bond acceptors (Lipinski definition) is 9. The minimum Gasteiger partial charge on any atom is -0.509 e. The molecule has 3 heterocycles. The van der Waals surface area contributed by atoms with Crippen LogP contribution in [0.15, 0.2) is 60.0 Å². The Morgan fingerprint density at radius 1 is 1.00 bits per heavy atom. The number of nitrogens with one attached hydrogen (secondary N) is 1. The molecule has 1 saturated heterocycles. The van der Waals surface area contributed by atoms with E-state index in [9.17, 15) is 46.1 Å². The lowest BCUT2D eigenvalue weighted by atomic mass is 9.90. The van der Waals surface area contributed by atoms with Crippen molar-refractivity contribution in [2.75, 3.05) is 38.3 Å². The van der Waals surface area contributed by atoms with Crippen LogP contribution in [-0.2, 0) is 33.2 Å². The van der Waals surface area contributed by atoms with Crippen LogP contribution in [0.4, 0.5) is 40.8 Å². The lowest BCUT2D eigenvalue weighted by Gasteiger charge is -2.46. The number of fused-ring (bicyclic) bond motifs is 1. The maximum atomic E-state index is 15.5. The van der Waals surface area contributed by atoms with Crippen molar-refractivity contribution in [2.24, 2.45) is 0 Å². The molecule has 1 fully saturated rings. The Balaban J connectivity index is 1.35. The number of amides is 2. The quantitative estimate of drug-likeness (QED) is 0.0765. The van der Waals surface area contributed by atoms with E-state index in [1.54, 1.807) is 0 Å². The average Bonchev–Trinajstić information content (AvgIpc) is 3.54. The van der Waals surface area contributed by atoms with Gasteiger partial charge in [0.15, 0.2) is 0 Å². The van der Waals surface area contributed by atoms with Gasteiger partial charge in [-0.2, -0.15) is 26.3 Å². The molecule has 0 aliphatic carbocycles. The van der Waals surface area contributed by atoms with Gasteiger partial charge in [-0.05, 0) is 63.3 Å². The number of ether oxygens (including phenoxy) is 2. The second kappa shape index (κ2) is 17.1. The van der Waals surface area contributed by atoms with E-state index < -0.39 is 94.3 Å². The molecule has 1 aromatic heterocycles. The van der Waals surface area contributed by atoms with Gasteiger partial charge >= 0.3 is 12.4 Å². The summed E-state index contributed by atoms with van der Waals surface area (Å²) < 4.78 is 122. The van der Waals surface area contributed by atoms with E-state index in [1.807, 2.05) is 0 Å². The predicted molar refractivity (Wildman–Crippen MR) is 182 cm³/mol. The zero-order chi connectivity index (χ0) is 41.0. The first-order valence-electron chi connectivity index (χ1n) is 17.4. The summed E-state index contributed by atoms with van der Waals surface area (Å²) in [6, 6.07) is 5.26. The zero-order valence-corrected chi connectivity index (χ0v) is 29.8. The summed E-state index contributed by atoms with van der Waals surface area (Å²) in [7, 11) is 0. The Morgan fingerprint density at radius 2 is 1.70 bits per heavy atom. The minimum atomic E-state index is -4.89. The summed E-state index contributed by atoms with van der Waals surface area (Å²) >= 11 is 0. The number of aromatic nitrogens is 1. The number of halogens is 8. The van der Waals surface area contributed by atoms with Crippen LogP contribution in [-0.4, -0.2) is 86.8 Å². The number of rotatable bonds is 15. The molecule has 2 aromatic carbocycles. The molecule has 3 aromatic rings. The molecule has 2 aliphatic rings. The van der Waals surface area contributed by atoms with Gasteiger partial charge in [0, 0.05) is 53.9 Å². The molecule has 0 bridgehead atoms. The van der Waals surface area contributed by atoms with Crippen molar-refractivity contribution >= 4 is 17.5 Å². The van der Waals surface area contributed by atoms with Crippen LogP contribution in [0.3, 0.4) is 0 Å². The van der Waals surface area contributed by atoms with Crippen LogP contribution in [0, 0.1) is 11.6 Å². The summed E-state index contributed by atoms with van der Waals surface area (Å²) in [6.45, 7) is 0.901. The number of hydrazine groups is 1. The largest absolute Gasteiger partial charge is 0.509 e. The highest BCUT2D eigenvalue weighted by molar-refractivity contribution is 6.24. The lowest BCUT2D eigenvalue weighted by Crippen LogP contribution is -2.60.